The topological polar surface area (TPSA) is 26.3 Å². The Bertz CT molecular complexity index is 496. The van der Waals surface area contributed by atoms with E-state index in [1.54, 1.807) is 0 Å². The van der Waals surface area contributed by atoms with Crippen molar-refractivity contribution in [3.8, 4) is 0 Å². The summed E-state index contributed by atoms with van der Waals surface area (Å²) < 4.78 is 5.48. The van der Waals surface area contributed by atoms with Crippen LogP contribution in [0.2, 0.25) is 0 Å². The zero-order valence-corrected chi connectivity index (χ0v) is 17.5. The number of hydrogen-bond donors (Lipinski definition) is 0. The molecule has 1 aromatic rings. The van der Waals surface area contributed by atoms with E-state index in [4.69, 9.17) is 4.74 Å². The van der Waals surface area contributed by atoms with Gasteiger partial charge in [0, 0.05) is 0 Å². The van der Waals surface area contributed by atoms with Crippen molar-refractivity contribution in [3.05, 3.63) is 35.9 Å². The second kappa shape index (κ2) is 13.8. The molecule has 0 aromatic heterocycles. The van der Waals surface area contributed by atoms with E-state index in [-0.39, 0.29) is 11.9 Å². The van der Waals surface area contributed by atoms with Gasteiger partial charge in [-0.2, -0.15) is 0 Å². The molecule has 0 spiro atoms. The van der Waals surface area contributed by atoms with E-state index in [0.717, 1.165) is 12.8 Å². The molecule has 1 fully saturated rings. The van der Waals surface area contributed by atoms with Gasteiger partial charge in [-0.05, 0) is 24.3 Å². The third-order valence-electron chi connectivity index (χ3n) is 5.81. The van der Waals surface area contributed by atoms with Gasteiger partial charge in [0.2, 0.25) is 0 Å². The molecule has 2 heteroatoms. The molecule has 0 radical (unpaired) electrons. The molecule has 2 unspecified atom stereocenters. The summed E-state index contributed by atoms with van der Waals surface area (Å²) in [5.41, 5.74) is 1.28. The number of rotatable bonds is 16. The van der Waals surface area contributed by atoms with Crippen LogP contribution in [0.4, 0.5) is 0 Å². The van der Waals surface area contributed by atoms with Crippen LogP contribution in [0.3, 0.4) is 0 Å². The highest BCUT2D eigenvalue weighted by atomic mass is 16.5. The summed E-state index contributed by atoms with van der Waals surface area (Å²) in [6.45, 7) is 2.88. The van der Waals surface area contributed by atoms with E-state index in [0.29, 0.717) is 12.5 Å². The van der Waals surface area contributed by atoms with Crippen molar-refractivity contribution in [1.29, 1.82) is 0 Å². The lowest BCUT2D eigenvalue weighted by atomic mass is 10.0. The highest BCUT2D eigenvalue weighted by Crippen LogP contribution is 2.48. The van der Waals surface area contributed by atoms with Crippen LogP contribution < -0.4 is 0 Å². The second-order valence-electron chi connectivity index (χ2n) is 8.27. The Hall–Kier alpha value is -1.31. The first-order chi connectivity index (χ1) is 13.3. The molecule has 2 rings (SSSR count). The number of unbranched alkanes of at least 4 members (excludes halogenated alkanes) is 12. The smallest absolute Gasteiger partial charge is 0.309 e. The Morgan fingerprint density at radius 3 is 1.89 bits per heavy atom. The van der Waals surface area contributed by atoms with Crippen LogP contribution in [0.1, 0.15) is 108 Å². The van der Waals surface area contributed by atoms with E-state index in [9.17, 15) is 4.79 Å². The second-order valence-corrected chi connectivity index (χ2v) is 8.27. The summed E-state index contributed by atoms with van der Waals surface area (Å²) in [6, 6.07) is 10.3. The predicted octanol–water partition coefficient (Wildman–Crippen LogP) is 7.42. The maximum atomic E-state index is 12.1. The van der Waals surface area contributed by atoms with E-state index >= 15 is 0 Å². The van der Waals surface area contributed by atoms with Gasteiger partial charge < -0.3 is 4.74 Å². The lowest BCUT2D eigenvalue weighted by Crippen LogP contribution is -2.09. The van der Waals surface area contributed by atoms with Gasteiger partial charge in [-0.3, -0.25) is 4.79 Å². The van der Waals surface area contributed by atoms with Gasteiger partial charge in [-0.1, -0.05) is 114 Å². The first-order valence-electron chi connectivity index (χ1n) is 11.5. The fraction of sp³-hybridized carbons (Fsp3) is 0.720. The van der Waals surface area contributed by atoms with E-state index in [1.165, 1.54) is 82.6 Å². The molecule has 1 aliphatic rings. The number of hydrogen-bond acceptors (Lipinski definition) is 2. The summed E-state index contributed by atoms with van der Waals surface area (Å²) in [5.74, 6) is 0.516. The van der Waals surface area contributed by atoms with Gasteiger partial charge in [0.1, 0.15) is 0 Å². The summed E-state index contributed by atoms with van der Waals surface area (Å²) in [4.78, 5) is 12.1. The minimum Gasteiger partial charge on any atom is -0.465 e. The molecule has 1 saturated carbocycles. The first-order valence-corrected chi connectivity index (χ1v) is 11.5. The van der Waals surface area contributed by atoms with Gasteiger partial charge >= 0.3 is 5.97 Å². The Kier molecular flexibility index (Phi) is 11.2. The van der Waals surface area contributed by atoms with Gasteiger partial charge in [0.05, 0.1) is 12.5 Å². The van der Waals surface area contributed by atoms with Crippen LogP contribution in [-0.4, -0.2) is 12.6 Å². The molecule has 0 N–H and O–H groups in total. The zero-order chi connectivity index (χ0) is 19.2. The SMILES string of the molecule is CCCCCCCCCCCCCCCOC(=O)C1CC1c1ccccc1. The number of esters is 1. The minimum absolute atomic E-state index is 0.0165. The molecule has 1 aliphatic carbocycles. The average Bonchev–Trinajstić information content (AvgIpc) is 3.50. The fourth-order valence-electron chi connectivity index (χ4n) is 3.92. The molecule has 0 saturated heterocycles. The highest BCUT2D eigenvalue weighted by molar-refractivity contribution is 5.77. The van der Waals surface area contributed by atoms with Gasteiger partial charge in [-0.25, -0.2) is 0 Å². The van der Waals surface area contributed by atoms with Crippen molar-refractivity contribution in [1.82, 2.24) is 0 Å². The Labute approximate surface area is 167 Å². The van der Waals surface area contributed by atoms with Crippen LogP contribution in [0.15, 0.2) is 30.3 Å². The molecular weight excluding hydrogens is 332 g/mol. The van der Waals surface area contributed by atoms with Gasteiger partial charge in [0.15, 0.2) is 0 Å². The van der Waals surface area contributed by atoms with Crippen LogP contribution in [0.25, 0.3) is 0 Å². The predicted molar refractivity (Wildman–Crippen MR) is 114 cm³/mol. The van der Waals surface area contributed by atoms with Crippen LogP contribution in [0.5, 0.6) is 0 Å². The van der Waals surface area contributed by atoms with Crippen molar-refractivity contribution >= 4 is 5.97 Å². The zero-order valence-electron chi connectivity index (χ0n) is 17.5. The largest absolute Gasteiger partial charge is 0.465 e. The van der Waals surface area contributed by atoms with Crippen LogP contribution in [-0.2, 0) is 9.53 Å². The molecule has 1 aromatic carbocycles. The Morgan fingerprint density at radius 1 is 0.815 bits per heavy atom. The van der Waals surface area contributed by atoms with Crippen molar-refractivity contribution in [2.45, 2.75) is 103 Å². The number of carbonyl (C=O) groups is 1. The molecule has 0 heterocycles. The molecule has 27 heavy (non-hydrogen) atoms. The first kappa shape index (κ1) is 22.0. The molecule has 2 nitrogen and oxygen atoms in total. The van der Waals surface area contributed by atoms with Crippen LogP contribution >= 0.6 is 0 Å². The quantitative estimate of drug-likeness (QED) is 0.223. The lowest BCUT2D eigenvalue weighted by Gasteiger charge is -2.05. The Balaban J connectivity index is 1.34. The van der Waals surface area contributed by atoms with E-state index < -0.39 is 0 Å². The van der Waals surface area contributed by atoms with Crippen LogP contribution in [0, 0.1) is 5.92 Å². The summed E-state index contributed by atoms with van der Waals surface area (Å²) in [6.07, 6.45) is 18.4. The Morgan fingerprint density at radius 2 is 1.33 bits per heavy atom. The standard InChI is InChI=1S/C25H40O2/c1-2-3-4-5-6-7-8-9-10-11-12-13-17-20-27-25(26)24-21-23(24)22-18-15-14-16-19-22/h14-16,18-19,23-24H,2-13,17,20-21H2,1H3. The minimum atomic E-state index is 0.0165. The molecule has 0 amide bonds. The van der Waals surface area contributed by atoms with Crippen molar-refractivity contribution in [2.75, 3.05) is 6.61 Å². The fourth-order valence-corrected chi connectivity index (χ4v) is 3.92. The van der Waals surface area contributed by atoms with Gasteiger partial charge in [-0.15, -0.1) is 0 Å². The summed E-state index contributed by atoms with van der Waals surface area (Å²) in [7, 11) is 0. The molecule has 2 atom stereocenters. The van der Waals surface area contributed by atoms with Crippen molar-refractivity contribution < 1.29 is 9.53 Å². The van der Waals surface area contributed by atoms with Gasteiger partial charge in [0.25, 0.3) is 0 Å². The summed E-state index contributed by atoms with van der Waals surface area (Å²) >= 11 is 0. The lowest BCUT2D eigenvalue weighted by molar-refractivity contribution is -0.145. The molecule has 152 valence electrons. The molecule has 0 bridgehead atoms. The number of carbonyl (C=O) groups excluding carboxylic acids is 1. The summed E-state index contributed by atoms with van der Waals surface area (Å²) in [5, 5.41) is 0. The monoisotopic (exact) mass is 372 g/mol. The third-order valence-corrected chi connectivity index (χ3v) is 5.81. The number of benzene rings is 1. The molecule has 0 aliphatic heterocycles. The maximum absolute atomic E-state index is 12.1. The number of ether oxygens (including phenoxy) is 1. The van der Waals surface area contributed by atoms with E-state index in [2.05, 4.69) is 19.1 Å². The molecular formula is C25H40O2. The van der Waals surface area contributed by atoms with Crippen molar-refractivity contribution in [2.24, 2.45) is 5.92 Å². The highest BCUT2D eigenvalue weighted by Gasteiger charge is 2.44. The average molecular weight is 373 g/mol. The maximum Gasteiger partial charge on any atom is 0.309 e. The normalized spacial score (nSPS) is 18.4. The third kappa shape index (κ3) is 9.44. The van der Waals surface area contributed by atoms with E-state index in [1.807, 2.05) is 18.2 Å². The van der Waals surface area contributed by atoms with Crippen molar-refractivity contribution in [3.63, 3.8) is 0 Å².